The normalized spacial score (nSPS) is 16.1. The van der Waals surface area contributed by atoms with E-state index < -0.39 is 42.3 Å². The highest BCUT2D eigenvalue weighted by atomic mass is 16.4. The lowest BCUT2D eigenvalue weighted by molar-refractivity contribution is -0.141. The fraction of sp³-hybridized carbons (Fsp3) is 0.450. The zero-order chi connectivity index (χ0) is 23.7. The molecule has 8 N–H and O–H groups in total. The third-order valence-corrected chi connectivity index (χ3v) is 4.95. The summed E-state index contributed by atoms with van der Waals surface area (Å²) in [6, 6.07) is 4.09. The van der Waals surface area contributed by atoms with E-state index in [1.165, 1.54) is 17.0 Å². The monoisotopic (exact) mass is 448 g/mol. The van der Waals surface area contributed by atoms with Gasteiger partial charge >= 0.3 is 5.97 Å². The van der Waals surface area contributed by atoms with Crippen molar-refractivity contribution in [1.29, 1.82) is 0 Å². The minimum atomic E-state index is -1.19. The van der Waals surface area contributed by atoms with E-state index in [2.05, 4.69) is 15.6 Å². The summed E-state index contributed by atoms with van der Waals surface area (Å²) in [6.45, 7) is -0.0225. The Bertz CT molecular complexity index is 885. The second-order valence-electron chi connectivity index (χ2n) is 7.29. The van der Waals surface area contributed by atoms with Crippen LogP contribution in [0, 0.1) is 0 Å². The number of hydrogen-bond acceptors (Lipinski definition) is 6. The molecule has 174 valence electrons. The first-order valence-electron chi connectivity index (χ1n) is 10.1. The Labute approximate surface area is 184 Å². The molecular formula is C20H28N6O6. The quantitative estimate of drug-likeness (QED) is 0.144. The van der Waals surface area contributed by atoms with Crippen LogP contribution in [0.25, 0.3) is 0 Å². The molecule has 0 aliphatic carbocycles. The van der Waals surface area contributed by atoms with Crippen molar-refractivity contribution in [3.63, 3.8) is 0 Å². The first kappa shape index (κ1) is 24.4. The summed E-state index contributed by atoms with van der Waals surface area (Å²) in [7, 11) is 0. The van der Waals surface area contributed by atoms with Crippen molar-refractivity contribution >= 4 is 29.7 Å². The number of carbonyl (C=O) groups is 4. The Morgan fingerprint density at radius 2 is 1.94 bits per heavy atom. The average molecular weight is 448 g/mol. The number of carbonyl (C=O) groups excluding carboxylic acids is 3. The Morgan fingerprint density at radius 3 is 2.59 bits per heavy atom. The van der Waals surface area contributed by atoms with Crippen molar-refractivity contribution < 1.29 is 29.4 Å². The number of carboxylic acids is 1. The predicted octanol–water partition coefficient (Wildman–Crippen LogP) is -1.26. The van der Waals surface area contributed by atoms with Crippen molar-refractivity contribution in [2.75, 3.05) is 19.6 Å². The minimum Gasteiger partial charge on any atom is -0.507 e. The molecule has 1 aromatic rings. The molecule has 1 saturated heterocycles. The van der Waals surface area contributed by atoms with Crippen LogP contribution in [-0.4, -0.2) is 76.5 Å². The highest BCUT2D eigenvalue weighted by molar-refractivity contribution is 6.00. The first-order chi connectivity index (χ1) is 15.2. The number of nitrogens with one attached hydrogen (secondary N) is 2. The summed E-state index contributed by atoms with van der Waals surface area (Å²) < 4.78 is 0. The number of phenolic OH excluding ortho intramolecular Hbond substituents is 1. The number of nitrogens with zero attached hydrogens (tertiary/aromatic N) is 2. The molecule has 0 aromatic heterocycles. The molecule has 1 aromatic carbocycles. The van der Waals surface area contributed by atoms with E-state index in [9.17, 15) is 24.3 Å². The second-order valence-corrected chi connectivity index (χ2v) is 7.29. The highest BCUT2D eigenvalue weighted by Crippen LogP contribution is 2.21. The number of likely N-dealkylation sites (tertiary alicyclic amines) is 1. The van der Waals surface area contributed by atoms with Gasteiger partial charge in [-0.25, -0.2) is 0 Å². The zero-order valence-electron chi connectivity index (χ0n) is 17.5. The van der Waals surface area contributed by atoms with Crippen LogP contribution in [0.3, 0.4) is 0 Å². The molecule has 0 bridgehead atoms. The largest absolute Gasteiger partial charge is 0.507 e. The topological polar surface area (TPSA) is 200 Å². The molecule has 0 radical (unpaired) electrons. The van der Waals surface area contributed by atoms with E-state index in [4.69, 9.17) is 16.6 Å². The number of nitrogens with two attached hydrogens (primary N) is 2. The number of aliphatic imine (C=N–C) groups is 1. The Hall–Kier alpha value is -3.83. The van der Waals surface area contributed by atoms with Gasteiger partial charge in [0.25, 0.3) is 5.91 Å². The van der Waals surface area contributed by atoms with Gasteiger partial charge in [-0.15, -0.1) is 0 Å². The van der Waals surface area contributed by atoms with Gasteiger partial charge in [0.15, 0.2) is 5.96 Å². The lowest BCUT2D eigenvalue weighted by atomic mass is 10.1. The van der Waals surface area contributed by atoms with Gasteiger partial charge in [-0.05, 0) is 37.8 Å². The summed E-state index contributed by atoms with van der Waals surface area (Å²) in [5.74, 6) is -3.21. The lowest BCUT2D eigenvalue weighted by Gasteiger charge is -2.28. The molecule has 2 atom stereocenters. The number of guanidine groups is 1. The molecule has 12 nitrogen and oxygen atoms in total. The second kappa shape index (κ2) is 11.5. The molecule has 12 heteroatoms. The number of benzene rings is 1. The van der Waals surface area contributed by atoms with Gasteiger partial charge in [0.2, 0.25) is 11.8 Å². The number of amides is 3. The van der Waals surface area contributed by atoms with E-state index >= 15 is 0 Å². The summed E-state index contributed by atoms with van der Waals surface area (Å²) in [5, 5.41) is 23.6. The fourth-order valence-electron chi connectivity index (χ4n) is 3.45. The lowest BCUT2D eigenvalue weighted by Crippen LogP contribution is -2.53. The molecular weight excluding hydrogens is 420 g/mol. The number of carboxylic acid groups (broad SMARTS) is 1. The number of aliphatic carboxylic acids is 1. The van der Waals surface area contributed by atoms with E-state index in [1.54, 1.807) is 12.1 Å². The summed E-state index contributed by atoms with van der Waals surface area (Å²) in [6.07, 6.45) is 1.50. The van der Waals surface area contributed by atoms with Crippen LogP contribution in [0.2, 0.25) is 0 Å². The minimum absolute atomic E-state index is 0.00620. The van der Waals surface area contributed by atoms with E-state index in [1.807, 2.05) is 0 Å². The first-order valence-corrected chi connectivity index (χ1v) is 10.1. The van der Waals surface area contributed by atoms with Crippen molar-refractivity contribution in [2.24, 2.45) is 16.5 Å². The molecule has 32 heavy (non-hydrogen) atoms. The number of aromatic hydroxyl groups is 1. The summed E-state index contributed by atoms with van der Waals surface area (Å²) in [5.41, 5.74) is 10.6. The molecule has 3 amide bonds. The van der Waals surface area contributed by atoms with E-state index in [0.29, 0.717) is 25.8 Å². The standard InChI is InChI=1S/C20H28N6O6/c21-20(22)23-9-3-6-13(25-17(30)12-5-1-2-8-15(12)27)19(32)26-10-4-7-14(26)18(31)24-11-16(28)29/h1-2,5,8,13-14,27H,3-4,6-7,9-11H2,(H,24,31)(H,25,30)(H,28,29)(H4,21,22,23)/t13-,14-/m0/s1. The maximum atomic E-state index is 13.2. The van der Waals surface area contributed by atoms with Crippen molar-refractivity contribution in [1.82, 2.24) is 15.5 Å². The Kier molecular flexibility index (Phi) is 8.81. The number of para-hydroxylation sites is 1. The number of phenols is 1. The van der Waals surface area contributed by atoms with Crippen molar-refractivity contribution in [2.45, 2.75) is 37.8 Å². The van der Waals surface area contributed by atoms with Gasteiger partial charge in [-0.3, -0.25) is 24.2 Å². The van der Waals surface area contributed by atoms with E-state index in [-0.39, 0.29) is 30.2 Å². The van der Waals surface area contributed by atoms with Gasteiger partial charge in [0.1, 0.15) is 24.4 Å². The number of rotatable bonds is 10. The average Bonchev–Trinajstić information content (AvgIpc) is 3.23. The third-order valence-electron chi connectivity index (χ3n) is 4.95. The molecule has 0 spiro atoms. The van der Waals surface area contributed by atoms with Gasteiger partial charge in [-0.2, -0.15) is 0 Å². The Morgan fingerprint density at radius 1 is 1.22 bits per heavy atom. The van der Waals surface area contributed by atoms with Crippen LogP contribution in [-0.2, 0) is 14.4 Å². The zero-order valence-corrected chi connectivity index (χ0v) is 17.5. The van der Waals surface area contributed by atoms with Crippen LogP contribution >= 0.6 is 0 Å². The van der Waals surface area contributed by atoms with Gasteiger partial charge in [0.05, 0.1) is 5.56 Å². The molecule has 1 aliphatic rings. The van der Waals surface area contributed by atoms with Gasteiger partial charge in [0, 0.05) is 13.1 Å². The molecule has 0 saturated carbocycles. The SMILES string of the molecule is NC(N)=NCCC[C@H](NC(=O)c1ccccc1O)C(=O)N1CCC[C@H]1C(=O)NCC(=O)O. The van der Waals surface area contributed by atoms with Crippen molar-refractivity contribution in [3.8, 4) is 5.75 Å². The fourth-order valence-corrected chi connectivity index (χ4v) is 3.45. The summed E-state index contributed by atoms with van der Waals surface area (Å²) >= 11 is 0. The summed E-state index contributed by atoms with van der Waals surface area (Å²) in [4.78, 5) is 54.2. The van der Waals surface area contributed by atoms with Gasteiger partial charge < -0.3 is 37.2 Å². The van der Waals surface area contributed by atoms with Crippen LogP contribution in [0.4, 0.5) is 0 Å². The number of hydrogen-bond donors (Lipinski definition) is 6. The molecule has 1 heterocycles. The van der Waals surface area contributed by atoms with Crippen LogP contribution in [0.15, 0.2) is 29.3 Å². The molecule has 0 unspecified atom stereocenters. The molecule has 1 aliphatic heterocycles. The van der Waals surface area contributed by atoms with Gasteiger partial charge in [-0.1, -0.05) is 12.1 Å². The van der Waals surface area contributed by atoms with Crippen LogP contribution in [0.1, 0.15) is 36.0 Å². The Balaban J connectivity index is 2.15. The van der Waals surface area contributed by atoms with Crippen LogP contribution in [0.5, 0.6) is 5.75 Å². The molecule has 2 rings (SSSR count). The smallest absolute Gasteiger partial charge is 0.322 e. The maximum absolute atomic E-state index is 13.2. The van der Waals surface area contributed by atoms with Crippen molar-refractivity contribution in [3.05, 3.63) is 29.8 Å². The van der Waals surface area contributed by atoms with E-state index in [0.717, 1.165) is 0 Å². The predicted molar refractivity (Wildman–Crippen MR) is 115 cm³/mol. The third kappa shape index (κ3) is 6.86. The molecule has 1 fully saturated rings. The maximum Gasteiger partial charge on any atom is 0.322 e. The van der Waals surface area contributed by atoms with Crippen LogP contribution < -0.4 is 22.1 Å². The highest BCUT2D eigenvalue weighted by Gasteiger charge is 2.37.